The fraction of sp³-hybridized carbons (Fsp3) is 0.650. The van der Waals surface area contributed by atoms with Crippen LogP contribution in [0, 0.1) is 16.0 Å². The van der Waals surface area contributed by atoms with Crippen LogP contribution in [0.4, 0.5) is 5.69 Å². The second kappa shape index (κ2) is 9.20. The lowest BCUT2D eigenvalue weighted by Gasteiger charge is -2.38. The molecule has 0 unspecified atom stereocenters. The van der Waals surface area contributed by atoms with Crippen molar-refractivity contribution >= 4 is 33.2 Å². The fourth-order valence-corrected chi connectivity index (χ4v) is 6.50. The van der Waals surface area contributed by atoms with Crippen molar-refractivity contribution in [2.45, 2.75) is 69.4 Å². The van der Waals surface area contributed by atoms with E-state index in [0.717, 1.165) is 31.7 Å². The number of sulfonamides is 1. The third-order valence-corrected chi connectivity index (χ3v) is 8.46. The highest BCUT2D eigenvalue weighted by Gasteiger charge is 2.38. The zero-order valence-electron chi connectivity index (χ0n) is 17.3. The molecule has 30 heavy (non-hydrogen) atoms. The Balaban J connectivity index is 1.72. The highest BCUT2D eigenvalue weighted by Crippen LogP contribution is 2.33. The number of rotatable bonds is 6. The molecule has 1 saturated carbocycles. The molecule has 2 aliphatic rings. The molecule has 1 saturated heterocycles. The third kappa shape index (κ3) is 4.63. The molecule has 3 rings (SSSR count). The lowest BCUT2D eigenvalue weighted by atomic mass is 9.95. The smallest absolute Gasteiger partial charge is 0.270 e. The lowest BCUT2D eigenvalue weighted by molar-refractivity contribution is -0.385. The summed E-state index contributed by atoms with van der Waals surface area (Å²) in [4.78, 5) is 25.3. The molecule has 0 spiro atoms. The van der Waals surface area contributed by atoms with Crippen LogP contribution >= 0.6 is 11.6 Å². The highest BCUT2D eigenvalue weighted by molar-refractivity contribution is 7.89. The van der Waals surface area contributed by atoms with Crippen LogP contribution in [-0.4, -0.2) is 53.6 Å². The van der Waals surface area contributed by atoms with Gasteiger partial charge in [-0.3, -0.25) is 14.9 Å². The highest BCUT2D eigenvalue weighted by atomic mass is 35.5. The Morgan fingerprint density at radius 1 is 1.20 bits per heavy atom. The molecule has 0 aromatic heterocycles. The molecule has 1 amide bonds. The van der Waals surface area contributed by atoms with Crippen molar-refractivity contribution in [2.24, 2.45) is 5.92 Å². The molecule has 0 N–H and O–H groups in total. The predicted molar refractivity (Wildman–Crippen MR) is 114 cm³/mol. The van der Waals surface area contributed by atoms with Gasteiger partial charge in [0, 0.05) is 43.2 Å². The van der Waals surface area contributed by atoms with Gasteiger partial charge in [0.15, 0.2) is 0 Å². The first-order chi connectivity index (χ1) is 14.1. The molecule has 8 nitrogen and oxygen atoms in total. The molecule has 0 bridgehead atoms. The molecular weight excluding hydrogens is 430 g/mol. The van der Waals surface area contributed by atoms with Gasteiger partial charge in [-0.15, -0.1) is 0 Å². The van der Waals surface area contributed by atoms with Gasteiger partial charge in [0.05, 0.1) is 9.95 Å². The van der Waals surface area contributed by atoms with E-state index < -0.39 is 14.9 Å². The standard InChI is InChI=1S/C20H28ClN3O5S/c1-14(2)23(16-5-3-4-6-16)20(25)15-9-11-22(12-10-15)30(28,29)19-13-17(24(26)27)7-8-18(19)21/h7-8,13-16H,3-6,9-12H2,1-2H3. The molecule has 0 radical (unpaired) electrons. The van der Waals surface area contributed by atoms with Crippen LogP contribution in [0.3, 0.4) is 0 Å². The van der Waals surface area contributed by atoms with Crippen LogP contribution in [0.25, 0.3) is 0 Å². The van der Waals surface area contributed by atoms with Gasteiger partial charge in [-0.2, -0.15) is 4.31 Å². The summed E-state index contributed by atoms with van der Waals surface area (Å²) >= 11 is 6.04. The number of piperidine rings is 1. The molecule has 1 aliphatic carbocycles. The second-order valence-corrected chi connectivity index (χ2v) is 10.6. The van der Waals surface area contributed by atoms with Gasteiger partial charge in [-0.05, 0) is 45.6 Å². The van der Waals surface area contributed by atoms with E-state index in [1.807, 2.05) is 18.7 Å². The van der Waals surface area contributed by atoms with E-state index >= 15 is 0 Å². The minimum Gasteiger partial charge on any atom is -0.337 e. The Morgan fingerprint density at radius 3 is 2.33 bits per heavy atom. The lowest BCUT2D eigenvalue weighted by Crippen LogP contribution is -2.49. The van der Waals surface area contributed by atoms with E-state index in [4.69, 9.17) is 11.6 Å². The molecule has 10 heteroatoms. The second-order valence-electron chi connectivity index (χ2n) is 8.33. The number of nitro groups is 1. The largest absolute Gasteiger partial charge is 0.337 e. The van der Waals surface area contributed by atoms with Crippen LogP contribution in [0.15, 0.2) is 23.1 Å². The monoisotopic (exact) mass is 457 g/mol. The van der Waals surface area contributed by atoms with Crippen LogP contribution in [0.1, 0.15) is 52.4 Å². The quantitative estimate of drug-likeness (QED) is 0.477. The number of carbonyl (C=O) groups is 1. The average molecular weight is 458 g/mol. The van der Waals surface area contributed by atoms with Gasteiger partial charge in [0.1, 0.15) is 4.90 Å². The number of hydrogen-bond acceptors (Lipinski definition) is 5. The zero-order chi connectivity index (χ0) is 22.1. The predicted octanol–water partition coefficient (Wildman–Crippen LogP) is 3.83. The van der Waals surface area contributed by atoms with Crippen molar-refractivity contribution in [1.82, 2.24) is 9.21 Å². The Hall–Kier alpha value is -1.71. The van der Waals surface area contributed by atoms with Gasteiger partial charge in [-0.1, -0.05) is 24.4 Å². The van der Waals surface area contributed by atoms with Gasteiger partial charge in [0.2, 0.25) is 15.9 Å². The normalized spacial score (nSPS) is 19.3. The number of hydrogen-bond donors (Lipinski definition) is 0. The van der Waals surface area contributed by atoms with Crippen molar-refractivity contribution in [3.8, 4) is 0 Å². The van der Waals surface area contributed by atoms with Crippen LogP contribution < -0.4 is 0 Å². The molecular formula is C20H28ClN3O5S. The van der Waals surface area contributed by atoms with E-state index in [9.17, 15) is 23.3 Å². The zero-order valence-corrected chi connectivity index (χ0v) is 18.9. The molecule has 166 valence electrons. The van der Waals surface area contributed by atoms with Crippen molar-refractivity contribution in [1.29, 1.82) is 0 Å². The van der Waals surface area contributed by atoms with Crippen molar-refractivity contribution in [3.05, 3.63) is 33.3 Å². The Morgan fingerprint density at radius 2 is 1.80 bits per heavy atom. The molecule has 0 atom stereocenters. The Labute approximate surface area is 182 Å². The number of halogens is 1. The summed E-state index contributed by atoms with van der Waals surface area (Å²) in [5.74, 6) is -0.0950. The van der Waals surface area contributed by atoms with E-state index in [0.29, 0.717) is 12.8 Å². The molecule has 1 heterocycles. The molecule has 1 aromatic carbocycles. The summed E-state index contributed by atoms with van der Waals surface area (Å²) in [7, 11) is -3.98. The van der Waals surface area contributed by atoms with Crippen LogP contribution in [0.2, 0.25) is 5.02 Å². The number of carbonyl (C=O) groups excluding carboxylic acids is 1. The maximum absolute atomic E-state index is 13.2. The summed E-state index contributed by atoms with van der Waals surface area (Å²) in [6, 6.07) is 3.80. The van der Waals surface area contributed by atoms with Crippen LogP contribution in [-0.2, 0) is 14.8 Å². The van der Waals surface area contributed by atoms with E-state index in [1.54, 1.807) is 0 Å². The maximum atomic E-state index is 13.2. The van der Waals surface area contributed by atoms with Crippen molar-refractivity contribution in [2.75, 3.05) is 13.1 Å². The molecule has 1 aromatic rings. The SMILES string of the molecule is CC(C)N(C(=O)C1CCN(S(=O)(=O)c2cc([N+](=O)[O-])ccc2Cl)CC1)C1CCCC1. The van der Waals surface area contributed by atoms with Gasteiger partial charge in [0.25, 0.3) is 5.69 Å². The average Bonchev–Trinajstić information content (AvgIpc) is 3.22. The van der Waals surface area contributed by atoms with Crippen molar-refractivity contribution in [3.63, 3.8) is 0 Å². The Bertz CT molecular complexity index is 907. The minimum atomic E-state index is -3.98. The summed E-state index contributed by atoms with van der Waals surface area (Å²) in [5, 5.41) is 11.0. The number of benzene rings is 1. The van der Waals surface area contributed by atoms with Gasteiger partial charge < -0.3 is 4.90 Å². The number of nitrogens with zero attached hydrogens (tertiary/aromatic N) is 3. The first kappa shape index (κ1) is 23.0. The summed E-state index contributed by atoms with van der Waals surface area (Å²) in [6.07, 6.45) is 5.20. The number of nitro benzene ring substituents is 1. The third-order valence-electron chi connectivity index (χ3n) is 6.08. The molecule has 2 fully saturated rings. The maximum Gasteiger partial charge on any atom is 0.270 e. The van der Waals surface area contributed by atoms with Crippen LogP contribution in [0.5, 0.6) is 0 Å². The van der Waals surface area contributed by atoms with E-state index in [-0.39, 0.29) is 52.6 Å². The first-order valence-electron chi connectivity index (χ1n) is 10.4. The van der Waals surface area contributed by atoms with Gasteiger partial charge >= 0.3 is 0 Å². The number of non-ortho nitro benzene ring substituents is 1. The fourth-order valence-electron chi connectivity index (χ4n) is 4.53. The van der Waals surface area contributed by atoms with E-state index in [1.165, 1.54) is 16.4 Å². The summed E-state index contributed by atoms with van der Waals surface area (Å²) in [5.41, 5.74) is -0.327. The Kier molecular flexibility index (Phi) is 7.04. The summed E-state index contributed by atoms with van der Waals surface area (Å²) in [6.45, 7) is 4.43. The number of amides is 1. The first-order valence-corrected chi connectivity index (χ1v) is 12.2. The topological polar surface area (TPSA) is 101 Å². The summed E-state index contributed by atoms with van der Waals surface area (Å²) < 4.78 is 27.3. The van der Waals surface area contributed by atoms with Crippen molar-refractivity contribution < 1.29 is 18.1 Å². The minimum absolute atomic E-state index is 0.0500. The van der Waals surface area contributed by atoms with Gasteiger partial charge in [-0.25, -0.2) is 8.42 Å². The van der Waals surface area contributed by atoms with E-state index in [2.05, 4.69) is 0 Å². The molecule has 1 aliphatic heterocycles.